The lowest BCUT2D eigenvalue weighted by molar-refractivity contribution is 0.0692. The van der Waals surface area contributed by atoms with Crippen LogP contribution in [0, 0.1) is 6.92 Å². The van der Waals surface area contributed by atoms with Gasteiger partial charge in [0.2, 0.25) is 0 Å². The first-order valence-corrected chi connectivity index (χ1v) is 5.99. The number of para-hydroxylation sites is 1. The van der Waals surface area contributed by atoms with Crippen LogP contribution in [0.1, 0.15) is 36.2 Å². The van der Waals surface area contributed by atoms with Crippen molar-refractivity contribution in [1.82, 2.24) is 5.32 Å². The van der Waals surface area contributed by atoms with Gasteiger partial charge in [-0.15, -0.1) is 0 Å². The summed E-state index contributed by atoms with van der Waals surface area (Å²) in [7, 11) is 1.55. The first-order chi connectivity index (χ1) is 8.35. The van der Waals surface area contributed by atoms with Crippen molar-refractivity contribution in [1.29, 1.82) is 0 Å². The summed E-state index contributed by atoms with van der Waals surface area (Å²) in [4.78, 5) is 12.0. The van der Waals surface area contributed by atoms with E-state index in [2.05, 4.69) is 5.32 Å². The van der Waals surface area contributed by atoms with Crippen molar-refractivity contribution in [3.63, 3.8) is 0 Å². The highest BCUT2D eigenvalue weighted by Gasteiger charge is 2.16. The Labute approximate surface area is 108 Å². The van der Waals surface area contributed by atoms with Crippen LogP contribution in [0.25, 0.3) is 0 Å². The lowest BCUT2D eigenvalue weighted by Gasteiger charge is -2.17. The quantitative estimate of drug-likeness (QED) is 0.840. The van der Waals surface area contributed by atoms with Crippen LogP contribution in [0.3, 0.4) is 0 Å². The van der Waals surface area contributed by atoms with Crippen LogP contribution in [-0.4, -0.2) is 30.3 Å². The van der Waals surface area contributed by atoms with Gasteiger partial charge in [-0.2, -0.15) is 0 Å². The van der Waals surface area contributed by atoms with Gasteiger partial charge in [0.25, 0.3) is 5.91 Å². The molecule has 0 atom stereocenters. The van der Waals surface area contributed by atoms with Gasteiger partial charge in [-0.25, -0.2) is 0 Å². The van der Waals surface area contributed by atoms with E-state index in [0.717, 1.165) is 5.56 Å². The Morgan fingerprint density at radius 2 is 2.11 bits per heavy atom. The minimum Gasteiger partial charge on any atom is -0.496 e. The SMILES string of the molecule is COc1c(C)cccc1C(=O)NCCC(C)(C)O. The first-order valence-electron chi connectivity index (χ1n) is 5.99. The van der Waals surface area contributed by atoms with Crippen LogP contribution in [-0.2, 0) is 0 Å². The van der Waals surface area contributed by atoms with E-state index in [1.807, 2.05) is 19.1 Å². The predicted molar refractivity (Wildman–Crippen MR) is 71.0 cm³/mol. The molecule has 0 saturated carbocycles. The Kier molecular flexibility index (Phi) is 4.73. The van der Waals surface area contributed by atoms with E-state index in [1.54, 1.807) is 27.0 Å². The number of carbonyl (C=O) groups is 1. The largest absolute Gasteiger partial charge is 0.496 e. The molecule has 0 aromatic heterocycles. The maximum atomic E-state index is 12.0. The van der Waals surface area contributed by atoms with Gasteiger partial charge in [0.15, 0.2) is 0 Å². The molecule has 0 heterocycles. The molecule has 4 nitrogen and oxygen atoms in total. The number of nitrogens with one attached hydrogen (secondary N) is 1. The van der Waals surface area contributed by atoms with E-state index in [9.17, 15) is 9.90 Å². The fraction of sp³-hybridized carbons (Fsp3) is 0.500. The standard InChI is InChI=1S/C14H21NO3/c1-10-6-5-7-11(12(10)18-4)13(16)15-9-8-14(2,3)17/h5-7,17H,8-9H2,1-4H3,(H,15,16). The number of amides is 1. The molecule has 0 saturated heterocycles. The first kappa shape index (κ1) is 14.5. The molecule has 0 aliphatic carbocycles. The molecule has 0 bridgehead atoms. The zero-order valence-corrected chi connectivity index (χ0v) is 11.4. The summed E-state index contributed by atoms with van der Waals surface area (Å²) in [6.45, 7) is 5.75. The monoisotopic (exact) mass is 251 g/mol. The number of ether oxygens (including phenoxy) is 1. The molecule has 0 aliphatic rings. The van der Waals surface area contributed by atoms with Gasteiger partial charge >= 0.3 is 0 Å². The second-order valence-corrected chi connectivity index (χ2v) is 4.97. The molecule has 4 heteroatoms. The lowest BCUT2D eigenvalue weighted by atomic mass is 10.1. The van der Waals surface area contributed by atoms with Crippen LogP contribution < -0.4 is 10.1 Å². The van der Waals surface area contributed by atoms with E-state index in [1.165, 1.54) is 0 Å². The average Bonchev–Trinajstić information content (AvgIpc) is 2.26. The predicted octanol–water partition coefficient (Wildman–Crippen LogP) is 1.89. The Morgan fingerprint density at radius 1 is 1.44 bits per heavy atom. The molecule has 1 aromatic carbocycles. The summed E-state index contributed by atoms with van der Waals surface area (Å²) in [5.74, 6) is 0.415. The fourth-order valence-electron chi connectivity index (χ4n) is 1.68. The molecule has 0 radical (unpaired) electrons. The highest BCUT2D eigenvalue weighted by molar-refractivity contribution is 5.97. The minimum absolute atomic E-state index is 0.181. The molecule has 18 heavy (non-hydrogen) atoms. The van der Waals surface area contributed by atoms with Gasteiger partial charge in [-0.05, 0) is 38.8 Å². The molecule has 2 N–H and O–H groups in total. The molecule has 0 spiro atoms. The summed E-state index contributed by atoms with van der Waals surface area (Å²) in [5, 5.41) is 12.3. The van der Waals surface area contributed by atoms with E-state index in [0.29, 0.717) is 24.3 Å². The third-order valence-electron chi connectivity index (χ3n) is 2.68. The summed E-state index contributed by atoms with van der Waals surface area (Å²) < 4.78 is 5.23. The number of aliphatic hydroxyl groups is 1. The second-order valence-electron chi connectivity index (χ2n) is 4.97. The molecular formula is C14H21NO3. The zero-order valence-electron chi connectivity index (χ0n) is 11.4. The molecule has 0 aliphatic heterocycles. The summed E-state index contributed by atoms with van der Waals surface area (Å²) in [6, 6.07) is 5.44. The third-order valence-corrected chi connectivity index (χ3v) is 2.68. The van der Waals surface area contributed by atoms with Crippen molar-refractivity contribution in [2.75, 3.05) is 13.7 Å². The topological polar surface area (TPSA) is 58.6 Å². The Balaban J connectivity index is 2.70. The molecule has 100 valence electrons. The van der Waals surface area contributed by atoms with Crippen molar-refractivity contribution >= 4 is 5.91 Å². The normalized spacial score (nSPS) is 11.2. The molecule has 0 unspecified atom stereocenters. The highest BCUT2D eigenvalue weighted by Crippen LogP contribution is 2.22. The van der Waals surface area contributed by atoms with Gasteiger partial charge in [0.1, 0.15) is 5.75 Å². The Morgan fingerprint density at radius 3 is 2.67 bits per heavy atom. The number of methoxy groups -OCH3 is 1. The maximum Gasteiger partial charge on any atom is 0.255 e. The van der Waals surface area contributed by atoms with Gasteiger partial charge in [-0.3, -0.25) is 4.79 Å². The average molecular weight is 251 g/mol. The van der Waals surface area contributed by atoms with E-state index < -0.39 is 5.60 Å². The van der Waals surface area contributed by atoms with Crippen molar-refractivity contribution in [3.05, 3.63) is 29.3 Å². The zero-order chi connectivity index (χ0) is 13.8. The van der Waals surface area contributed by atoms with E-state index >= 15 is 0 Å². The number of carbonyl (C=O) groups excluding carboxylic acids is 1. The highest BCUT2D eigenvalue weighted by atomic mass is 16.5. The Bertz CT molecular complexity index is 422. The molecule has 1 amide bonds. The summed E-state index contributed by atoms with van der Waals surface area (Å²) >= 11 is 0. The molecular weight excluding hydrogens is 230 g/mol. The summed E-state index contributed by atoms with van der Waals surface area (Å²) in [5.41, 5.74) is 0.671. The van der Waals surface area contributed by atoms with Gasteiger partial charge in [0, 0.05) is 6.54 Å². The van der Waals surface area contributed by atoms with Crippen molar-refractivity contribution in [2.24, 2.45) is 0 Å². The minimum atomic E-state index is -0.774. The van der Waals surface area contributed by atoms with Crippen molar-refractivity contribution in [2.45, 2.75) is 32.8 Å². The molecule has 1 aromatic rings. The van der Waals surface area contributed by atoms with Crippen molar-refractivity contribution in [3.8, 4) is 5.75 Å². The number of benzene rings is 1. The number of hydrogen-bond donors (Lipinski definition) is 2. The maximum absolute atomic E-state index is 12.0. The number of aryl methyl sites for hydroxylation is 1. The third kappa shape index (κ3) is 4.04. The number of rotatable bonds is 5. The summed E-state index contributed by atoms with van der Waals surface area (Å²) in [6.07, 6.45) is 0.507. The van der Waals surface area contributed by atoms with Crippen LogP contribution in [0.5, 0.6) is 5.75 Å². The molecule has 0 fully saturated rings. The van der Waals surface area contributed by atoms with Crippen LogP contribution in [0.4, 0.5) is 0 Å². The second kappa shape index (κ2) is 5.87. The van der Waals surface area contributed by atoms with Gasteiger partial charge in [0.05, 0.1) is 18.3 Å². The van der Waals surface area contributed by atoms with Gasteiger partial charge < -0.3 is 15.2 Å². The smallest absolute Gasteiger partial charge is 0.255 e. The van der Waals surface area contributed by atoms with Crippen LogP contribution >= 0.6 is 0 Å². The van der Waals surface area contributed by atoms with Crippen LogP contribution in [0.15, 0.2) is 18.2 Å². The van der Waals surface area contributed by atoms with Gasteiger partial charge in [-0.1, -0.05) is 12.1 Å². The fourth-order valence-corrected chi connectivity index (χ4v) is 1.68. The Hall–Kier alpha value is -1.55. The molecule has 1 rings (SSSR count). The lowest BCUT2D eigenvalue weighted by Crippen LogP contribution is -2.31. The number of hydrogen-bond acceptors (Lipinski definition) is 3. The van der Waals surface area contributed by atoms with E-state index in [-0.39, 0.29) is 5.91 Å². The van der Waals surface area contributed by atoms with E-state index in [4.69, 9.17) is 4.74 Å². The van der Waals surface area contributed by atoms with Crippen molar-refractivity contribution < 1.29 is 14.6 Å². The van der Waals surface area contributed by atoms with Crippen LogP contribution in [0.2, 0.25) is 0 Å².